The van der Waals surface area contributed by atoms with Crippen molar-refractivity contribution in [3.8, 4) is 0 Å². The number of hydrogen-bond acceptors (Lipinski definition) is 3. The Hall–Kier alpha value is -1.40. The summed E-state index contributed by atoms with van der Waals surface area (Å²) in [5.41, 5.74) is 1.00. The first kappa shape index (κ1) is 17.0. The van der Waals surface area contributed by atoms with Gasteiger partial charge < -0.3 is 4.90 Å². The van der Waals surface area contributed by atoms with Crippen LogP contribution in [0.4, 0.5) is 0 Å². The van der Waals surface area contributed by atoms with E-state index in [1.54, 1.807) is 14.1 Å². The van der Waals surface area contributed by atoms with Crippen LogP contribution < -0.4 is 0 Å². The molecule has 2 rings (SSSR count). The van der Waals surface area contributed by atoms with Gasteiger partial charge in [0.1, 0.15) is 6.04 Å². The summed E-state index contributed by atoms with van der Waals surface area (Å²) in [5, 5.41) is 0. The van der Waals surface area contributed by atoms with Gasteiger partial charge in [0.2, 0.25) is 15.9 Å². The first-order valence-electron chi connectivity index (χ1n) is 7.58. The molecule has 0 unspecified atom stereocenters. The number of benzene rings is 1. The van der Waals surface area contributed by atoms with Crippen molar-refractivity contribution in [2.24, 2.45) is 0 Å². The largest absolute Gasteiger partial charge is 0.347 e. The zero-order valence-corrected chi connectivity index (χ0v) is 14.2. The number of rotatable bonds is 5. The van der Waals surface area contributed by atoms with Crippen LogP contribution >= 0.6 is 0 Å². The second-order valence-corrected chi connectivity index (χ2v) is 8.06. The third-order valence-corrected chi connectivity index (χ3v) is 6.19. The van der Waals surface area contributed by atoms with E-state index in [0.717, 1.165) is 12.0 Å². The summed E-state index contributed by atoms with van der Waals surface area (Å²) in [6.45, 7) is 2.35. The maximum absolute atomic E-state index is 12.7. The van der Waals surface area contributed by atoms with Crippen LogP contribution in [0.15, 0.2) is 30.3 Å². The van der Waals surface area contributed by atoms with Gasteiger partial charge in [-0.2, -0.15) is 4.31 Å². The molecule has 1 amide bonds. The average Bonchev–Trinajstić information content (AvgIpc) is 2.97. The third kappa shape index (κ3) is 3.67. The van der Waals surface area contributed by atoms with Crippen LogP contribution in [0.1, 0.15) is 31.2 Å². The van der Waals surface area contributed by atoms with Gasteiger partial charge in [0.15, 0.2) is 0 Å². The summed E-state index contributed by atoms with van der Waals surface area (Å²) in [6.07, 6.45) is 1.35. The van der Waals surface area contributed by atoms with Crippen LogP contribution in [-0.4, -0.2) is 56.0 Å². The monoisotopic (exact) mass is 324 g/mol. The number of carbonyl (C=O) groups excluding carboxylic acids is 1. The van der Waals surface area contributed by atoms with Crippen molar-refractivity contribution in [3.63, 3.8) is 0 Å². The molecule has 1 aliphatic heterocycles. The van der Waals surface area contributed by atoms with Crippen LogP contribution in [0, 0.1) is 0 Å². The van der Waals surface area contributed by atoms with E-state index in [-0.39, 0.29) is 17.6 Å². The maximum atomic E-state index is 12.7. The molecule has 0 saturated carbocycles. The molecule has 1 aliphatic rings. The molecule has 2 atom stereocenters. The van der Waals surface area contributed by atoms with Gasteiger partial charge in [-0.15, -0.1) is 0 Å². The van der Waals surface area contributed by atoms with Crippen LogP contribution in [-0.2, 0) is 14.8 Å². The van der Waals surface area contributed by atoms with E-state index in [0.29, 0.717) is 13.0 Å². The smallest absolute Gasteiger partial charge is 0.240 e. The maximum Gasteiger partial charge on any atom is 0.240 e. The Balaban J connectivity index is 2.14. The Kier molecular flexibility index (Phi) is 5.24. The van der Waals surface area contributed by atoms with Crippen molar-refractivity contribution in [2.75, 3.05) is 26.4 Å². The topological polar surface area (TPSA) is 57.7 Å². The number of amides is 1. The lowest BCUT2D eigenvalue weighted by atomic mass is 10.0. The lowest BCUT2D eigenvalue weighted by Gasteiger charge is -2.26. The highest BCUT2D eigenvalue weighted by molar-refractivity contribution is 7.89. The van der Waals surface area contributed by atoms with Crippen molar-refractivity contribution < 1.29 is 13.2 Å². The lowest BCUT2D eigenvalue weighted by molar-refractivity contribution is -0.132. The second kappa shape index (κ2) is 6.79. The second-order valence-electron chi connectivity index (χ2n) is 6.09. The average molecular weight is 324 g/mol. The lowest BCUT2D eigenvalue weighted by Crippen LogP contribution is -2.46. The highest BCUT2D eigenvalue weighted by atomic mass is 32.2. The van der Waals surface area contributed by atoms with Crippen molar-refractivity contribution in [3.05, 3.63) is 35.9 Å². The van der Waals surface area contributed by atoms with Gasteiger partial charge in [0.05, 0.1) is 5.75 Å². The molecule has 0 bridgehead atoms. The number of hydrogen-bond donors (Lipinski definition) is 0. The number of likely N-dealkylation sites (N-methyl/N-ethyl adjacent to an activating group) is 1. The van der Waals surface area contributed by atoms with E-state index < -0.39 is 16.1 Å². The Morgan fingerprint density at radius 3 is 2.55 bits per heavy atom. The van der Waals surface area contributed by atoms with E-state index in [1.165, 1.54) is 9.21 Å². The fourth-order valence-electron chi connectivity index (χ4n) is 2.91. The number of sulfonamides is 1. The molecule has 122 valence electrons. The van der Waals surface area contributed by atoms with Crippen LogP contribution in [0.3, 0.4) is 0 Å². The summed E-state index contributed by atoms with van der Waals surface area (Å²) < 4.78 is 26.8. The molecule has 0 radical (unpaired) electrons. The molecule has 0 N–H and O–H groups in total. The molecular formula is C16H24N2O3S. The van der Waals surface area contributed by atoms with E-state index in [9.17, 15) is 13.2 Å². The summed E-state index contributed by atoms with van der Waals surface area (Å²) >= 11 is 0. The molecule has 22 heavy (non-hydrogen) atoms. The van der Waals surface area contributed by atoms with Gasteiger partial charge in [-0.1, -0.05) is 37.3 Å². The molecule has 1 fully saturated rings. The molecule has 0 aromatic heterocycles. The Labute approximate surface area is 133 Å². The third-order valence-electron chi connectivity index (χ3n) is 4.12. The van der Waals surface area contributed by atoms with E-state index >= 15 is 0 Å². The van der Waals surface area contributed by atoms with Gasteiger partial charge in [-0.05, 0) is 24.3 Å². The van der Waals surface area contributed by atoms with Gasteiger partial charge in [0, 0.05) is 20.6 Å². The molecular weight excluding hydrogens is 300 g/mol. The fourth-order valence-corrected chi connectivity index (χ4v) is 4.91. The molecule has 0 spiro atoms. The van der Waals surface area contributed by atoms with Crippen molar-refractivity contribution in [1.82, 2.24) is 9.21 Å². The van der Waals surface area contributed by atoms with E-state index in [4.69, 9.17) is 0 Å². The summed E-state index contributed by atoms with van der Waals surface area (Å²) in [6, 6.07) is 9.07. The fraction of sp³-hybridized carbons (Fsp3) is 0.562. The molecule has 6 heteroatoms. The van der Waals surface area contributed by atoms with Gasteiger partial charge >= 0.3 is 0 Å². The Morgan fingerprint density at radius 2 is 1.95 bits per heavy atom. The van der Waals surface area contributed by atoms with Crippen molar-refractivity contribution in [2.45, 2.75) is 31.7 Å². The van der Waals surface area contributed by atoms with Crippen LogP contribution in [0.5, 0.6) is 0 Å². The predicted octanol–water partition coefficient (Wildman–Crippen LogP) is 1.67. The molecule has 1 aromatic carbocycles. The normalized spacial score (nSPS) is 20.8. The van der Waals surface area contributed by atoms with Crippen molar-refractivity contribution >= 4 is 15.9 Å². The Bertz CT molecular complexity index is 614. The minimum absolute atomic E-state index is 0.0359. The molecule has 5 nitrogen and oxygen atoms in total. The van der Waals surface area contributed by atoms with E-state index in [2.05, 4.69) is 0 Å². The van der Waals surface area contributed by atoms with Gasteiger partial charge in [-0.3, -0.25) is 4.79 Å². The van der Waals surface area contributed by atoms with Crippen LogP contribution in [0.25, 0.3) is 0 Å². The predicted molar refractivity (Wildman–Crippen MR) is 87.1 cm³/mol. The molecule has 1 saturated heterocycles. The first-order chi connectivity index (χ1) is 10.3. The quantitative estimate of drug-likeness (QED) is 0.828. The summed E-state index contributed by atoms with van der Waals surface area (Å²) in [4.78, 5) is 13.6. The zero-order chi connectivity index (χ0) is 16.3. The molecule has 0 aliphatic carbocycles. The molecule has 1 aromatic rings. The van der Waals surface area contributed by atoms with Crippen LogP contribution in [0.2, 0.25) is 0 Å². The minimum atomic E-state index is -3.45. The van der Waals surface area contributed by atoms with Crippen molar-refractivity contribution in [1.29, 1.82) is 0 Å². The standard InChI is InChI=1S/C16H24N2O3S/c1-13(14-8-5-4-6-9-14)12-22(20,21)18-11-7-10-15(18)16(19)17(2)3/h4-6,8-9,13,15H,7,10-12H2,1-3H3/t13-,15-/m0/s1. The Morgan fingerprint density at radius 1 is 1.32 bits per heavy atom. The molecule has 1 heterocycles. The minimum Gasteiger partial charge on any atom is -0.347 e. The van der Waals surface area contributed by atoms with Gasteiger partial charge in [-0.25, -0.2) is 8.42 Å². The first-order valence-corrected chi connectivity index (χ1v) is 9.19. The zero-order valence-electron chi connectivity index (χ0n) is 13.4. The SMILES string of the molecule is C[C@@H](CS(=O)(=O)N1CCC[C@H]1C(=O)N(C)C)c1ccccc1. The highest BCUT2D eigenvalue weighted by Crippen LogP contribution is 2.26. The highest BCUT2D eigenvalue weighted by Gasteiger charge is 2.39. The van der Waals surface area contributed by atoms with Gasteiger partial charge in [0.25, 0.3) is 0 Å². The summed E-state index contributed by atoms with van der Waals surface area (Å²) in [7, 11) is -0.120. The number of carbonyl (C=O) groups is 1. The number of nitrogens with zero attached hydrogens (tertiary/aromatic N) is 2. The van der Waals surface area contributed by atoms with E-state index in [1.807, 2.05) is 37.3 Å². The summed E-state index contributed by atoms with van der Waals surface area (Å²) in [5.74, 6) is -0.191.